The van der Waals surface area contributed by atoms with Crippen LogP contribution in [0.15, 0.2) is 72.8 Å². The molecule has 1 N–H and O–H groups in total. The Balaban J connectivity index is 1.63. The molecule has 3 atom stereocenters. The molecule has 1 fully saturated rings. The minimum absolute atomic E-state index is 0.222. The van der Waals surface area contributed by atoms with Crippen molar-refractivity contribution in [2.45, 2.75) is 38.0 Å². The zero-order valence-electron chi connectivity index (χ0n) is 21.5. The van der Waals surface area contributed by atoms with Crippen molar-refractivity contribution in [1.82, 2.24) is 0 Å². The average molecular weight is 545 g/mol. The lowest BCUT2D eigenvalue weighted by Gasteiger charge is -2.37. The van der Waals surface area contributed by atoms with Crippen molar-refractivity contribution in [3.8, 4) is 0 Å². The van der Waals surface area contributed by atoms with Crippen LogP contribution in [0.2, 0.25) is 0 Å². The highest BCUT2D eigenvalue weighted by atomic mass is 19.4. The highest BCUT2D eigenvalue weighted by molar-refractivity contribution is 6.32. The molecule has 1 aliphatic carbocycles. The largest absolute Gasteiger partial charge is 0.416 e. The second-order valence-electron chi connectivity index (χ2n) is 10.4. The van der Waals surface area contributed by atoms with Crippen LogP contribution >= 0.6 is 0 Å². The van der Waals surface area contributed by atoms with E-state index in [0.29, 0.717) is 16.9 Å². The molecule has 0 saturated carbocycles. The first-order valence-electron chi connectivity index (χ1n) is 12.7. The number of ketones is 3. The van der Waals surface area contributed by atoms with Gasteiger partial charge in [0.15, 0.2) is 17.3 Å². The Kier molecular flexibility index (Phi) is 5.62. The Morgan fingerprint density at radius 1 is 0.875 bits per heavy atom. The van der Waals surface area contributed by atoms with Gasteiger partial charge in [-0.05, 0) is 36.8 Å². The van der Waals surface area contributed by atoms with Crippen molar-refractivity contribution in [2.75, 3.05) is 10.2 Å². The number of Topliss-reactive ketones (excluding diaryl/α,β-unsaturated/α-hetero) is 3. The Labute approximate surface area is 227 Å². The van der Waals surface area contributed by atoms with Crippen LogP contribution in [0.5, 0.6) is 0 Å². The predicted octanol–water partition coefficient (Wildman–Crippen LogP) is 5.69. The van der Waals surface area contributed by atoms with Crippen LogP contribution < -0.4 is 10.2 Å². The van der Waals surface area contributed by atoms with Gasteiger partial charge in [-0.25, -0.2) is 0 Å². The summed E-state index contributed by atoms with van der Waals surface area (Å²) in [4.78, 5) is 55.8. The first-order chi connectivity index (χ1) is 19.0. The molecule has 6 rings (SSSR count). The zero-order valence-corrected chi connectivity index (χ0v) is 21.5. The van der Waals surface area contributed by atoms with Gasteiger partial charge in [0.25, 0.3) is 0 Å². The van der Waals surface area contributed by atoms with Gasteiger partial charge in [-0.3, -0.25) is 19.2 Å². The van der Waals surface area contributed by atoms with Gasteiger partial charge in [-0.2, -0.15) is 13.2 Å². The Morgan fingerprint density at radius 3 is 2.05 bits per heavy atom. The summed E-state index contributed by atoms with van der Waals surface area (Å²) in [5, 5.41) is 2.77. The highest BCUT2D eigenvalue weighted by Crippen LogP contribution is 2.61. The number of hydrogen-bond donors (Lipinski definition) is 1. The molecule has 0 unspecified atom stereocenters. The number of fused-ring (bicyclic) bond motifs is 5. The van der Waals surface area contributed by atoms with E-state index in [4.69, 9.17) is 0 Å². The molecule has 9 heteroatoms. The summed E-state index contributed by atoms with van der Waals surface area (Å²) in [6, 6.07) is 13.9. The second-order valence-corrected chi connectivity index (χ2v) is 10.4. The summed E-state index contributed by atoms with van der Waals surface area (Å²) >= 11 is 0. The minimum atomic E-state index is -4.58. The number of carbonyl (C=O) groups excluding carboxylic acids is 4. The van der Waals surface area contributed by atoms with Crippen LogP contribution in [-0.2, 0) is 15.8 Å². The third-order valence-corrected chi connectivity index (χ3v) is 8.17. The first-order valence-corrected chi connectivity index (χ1v) is 12.7. The smallest absolute Gasteiger partial charge is 0.352 e. The fourth-order valence-corrected chi connectivity index (χ4v) is 6.70. The Hall–Kier alpha value is -4.53. The third-order valence-electron chi connectivity index (χ3n) is 8.17. The maximum absolute atomic E-state index is 14.4. The van der Waals surface area contributed by atoms with Gasteiger partial charge in [0.05, 0.1) is 23.3 Å². The van der Waals surface area contributed by atoms with E-state index in [1.165, 1.54) is 26.0 Å². The number of halogens is 3. The number of rotatable bonds is 3. The number of nitrogens with zero attached hydrogens (tertiary/aromatic N) is 1. The zero-order chi connectivity index (χ0) is 28.6. The molecule has 2 aliphatic heterocycles. The number of alkyl halides is 3. The lowest BCUT2D eigenvalue weighted by molar-refractivity contribution is -0.137. The quantitative estimate of drug-likeness (QED) is 0.429. The van der Waals surface area contributed by atoms with Crippen molar-refractivity contribution in [3.63, 3.8) is 0 Å². The van der Waals surface area contributed by atoms with E-state index >= 15 is 0 Å². The molecule has 0 bridgehead atoms. The molecule has 2 heterocycles. The van der Waals surface area contributed by atoms with Crippen LogP contribution in [-0.4, -0.2) is 35.3 Å². The Morgan fingerprint density at radius 2 is 1.50 bits per heavy atom. The van der Waals surface area contributed by atoms with Crippen LogP contribution in [0, 0.1) is 5.41 Å². The number of hydrogen-bond acceptors (Lipinski definition) is 5. The van der Waals surface area contributed by atoms with E-state index in [2.05, 4.69) is 5.32 Å². The van der Waals surface area contributed by atoms with Crippen LogP contribution in [0.1, 0.15) is 57.2 Å². The van der Waals surface area contributed by atoms with E-state index in [9.17, 15) is 32.3 Å². The maximum Gasteiger partial charge on any atom is 0.416 e. The van der Waals surface area contributed by atoms with E-state index in [1.807, 2.05) is 0 Å². The fourth-order valence-electron chi connectivity index (χ4n) is 6.70. The summed E-state index contributed by atoms with van der Waals surface area (Å²) in [5.74, 6) is -2.67. The number of nitrogens with one attached hydrogen (secondary N) is 1. The molecule has 1 amide bonds. The van der Waals surface area contributed by atoms with Crippen molar-refractivity contribution in [3.05, 3.63) is 101 Å². The minimum Gasteiger partial charge on any atom is -0.352 e. The predicted molar refractivity (Wildman–Crippen MR) is 142 cm³/mol. The van der Waals surface area contributed by atoms with Crippen molar-refractivity contribution in [2.24, 2.45) is 5.41 Å². The average Bonchev–Trinajstić information content (AvgIpc) is 3.35. The van der Waals surface area contributed by atoms with Gasteiger partial charge in [-0.15, -0.1) is 0 Å². The van der Waals surface area contributed by atoms with Gasteiger partial charge in [0, 0.05) is 35.2 Å². The van der Waals surface area contributed by atoms with Gasteiger partial charge in [0.1, 0.15) is 5.41 Å². The topological polar surface area (TPSA) is 83.6 Å². The normalized spacial score (nSPS) is 22.2. The van der Waals surface area contributed by atoms with E-state index < -0.39 is 46.7 Å². The summed E-state index contributed by atoms with van der Waals surface area (Å²) in [7, 11) is 0. The molecule has 3 aliphatic rings. The van der Waals surface area contributed by atoms with Crippen molar-refractivity contribution >= 4 is 40.7 Å². The summed E-state index contributed by atoms with van der Waals surface area (Å²) in [6.45, 7) is 2.72. The van der Waals surface area contributed by atoms with Gasteiger partial charge < -0.3 is 10.2 Å². The van der Waals surface area contributed by atoms with Gasteiger partial charge >= 0.3 is 6.18 Å². The summed E-state index contributed by atoms with van der Waals surface area (Å²) in [5.41, 5.74) is -0.329. The molecular weight excluding hydrogens is 521 g/mol. The lowest BCUT2D eigenvalue weighted by Crippen LogP contribution is -2.48. The molecule has 1 spiro atoms. The molecule has 202 valence electrons. The van der Waals surface area contributed by atoms with Crippen LogP contribution in [0.25, 0.3) is 6.08 Å². The summed E-state index contributed by atoms with van der Waals surface area (Å²) in [6.07, 6.45) is -1.17. The highest BCUT2D eigenvalue weighted by Gasteiger charge is 2.71. The van der Waals surface area contributed by atoms with E-state index in [0.717, 1.165) is 12.1 Å². The molecule has 6 nitrogen and oxygen atoms in total. The number of benzene rings is 3. The lowest BCUT2D eigenvalue weighted by atomic mass is 9.64. The van der Waals surface area contributed by atoms with E-state index in [-0.39, 0.29) is 28.4 Å². The van der Waals surface area contributed by atoms with Gasteiger partial charge in [0.2, 0.25) is 5.91 Å². The third kappa shape index (κ3) is 3.43. The maximum atomic E-state index is 14.4. The monoisotopic (exact) mass is 544 g/mol. The molecule has 1 saturated heterocycles. The first kappa shape index (κ1) is 25.7. The fraction of sp³-hybridized carbons (Fsp3) is 0.226. The Bertz CT molecular complexity index is 1610. The second kappa shape index (κ2) is 8.74. The van der Waals surface area contributed by atoms with Crippen LogP contribution in [0.3, 0.4) is 0 Å². The van der Waals surface area contributed by atoms with Crippen molar-refractivity contribution < 1.29 is 32.3 Å². The van der Waals surface area contributed by atoms with Crippen LogP contribution in [0.4, 0.5) is 24.5 Å². The number of amides is 1. The molecule has 3 aromatic carbocycles. The van der Waals surface area contributed by atoms with Gasteiger partial charge in [-0.1, -0.05) is 54.6 Å². The molecule has 40 heavy (non-hydrogen) atoms. The van der Waals surface area contributed by atoms with E-state index in [1.54, 1.807) is 59.5 Å². The number of carbonyl (C=O) groups is 4. The standard InChI is InChI=1S/C31H23F3N2O4/c1-16(37)27-26(18-10-12-19(13-11-18)31(32,33)34)30(28(39)20-6-3-4-7-21(20)29(30)40)25-15-14-22-23(35-17(2)38)8-5-9-24(22)36(25)27/h3-15,25-27H,1-2H3,(H,35,38)/t25-,26+,27-/m1/s1. The molecular formula is C31H23F3N2O4. The number of anilines is 2. The summed E-state index contributed by atoms with van der Waals surface area (Å²) < 4.78 is 40.3. The molecule has 3 aromatic rings. The molecule has 0 aromatic heterocycles. The van der Waals surface area contributed by atoms with Crippen molar-refractivity contribution in [1.29, 1.82) is 0 Å². The SMILES string of the molecule is CC(=O)Nc1cccc2c1C=C[C@H]1N2[C@H](C(C)=O)[C@H](c2ccc(C(F)(F)F)cc2)C12C(=O)c1ccccc1C2=O. The molecule has 0 radical (unpaired) electrons.